The number of fused-ring (bicyclic) bond motifs is 1. The predicted molar refractivity (Wildman–Crippen MR) is 109 cm³/mol. The molecule has 4 aromatic rings. The summed E-state index contributed by atoms with van der Waals surface area (Å²) in [6, 6.07) is 23.2. The lowest BCUT2D eigenvalue weighted by molar-refractivity contribution is 0.515. The molecule has 0 amide bonds. The van der Waals surface area contributed by atoms with Crippen molar-refractivity contribution in [2.24, 2.45) is 0 Å². The summed E-state index contributed by atoms with van der Waals surface area (Å²) in [5.41, 5.74) is 1.44. The van der Waals surface area contributed by atoms with E-state index in [0.29, 0.717) is 33.0 Å². The van der Waals surface area contributed by atoms with Gasteiger partial charge in [0.1, 0.15) is 11.6 Å². The highest BCUT2D eigenvalue weighted by Gasteiger charge is 2.14. The van der Waals surface area contributed by atoms with Gasteiger partial charge >= 0.3 is 0 Å². The van der Waals surface area contributed by atoms with Gasteiger partial charge in [0.2, 0.25) is 0 Å². The van der Waals surface area contributed by atoms with Gasteiger partial charge in [-0.25, -0.2) is 4.98 Å². The average Bonchev–Trinajstić information content (AvgIpc) is 2.70. The molecule has 0 saturated heterocycles. The second kappa shape index (κ2) is 7.09. The van der Waals surface area contributed by atoms with Crippen LogP contribution in [0.2, 0.25) is 5.02 Å². The molecule has 0 saturated carbocycles. The molecule has 132 valence electrons. The van der Waals surface area contributed by atoms with E-state index >= 15 is 0 Å². The molecule has 0 aliphatic heterocycles. The van der Waals surface area contributed by atoms with E-state index in [4.69, 9.17) is 11.6 Å². The summed E-state index contributed by atoms with van der Waals surface area (Å²) in [7, 11) is 0. The zero-order valence-corrected chi connectivity index (χ0v) is 15.0. The fourth-order valence-electron chi connectivity index (χ4n) is 2.93. The van der Waals surface area contributed by atoms with Gasteiger partial charge < -0.3 is 5.11 Å². The molecule has 0 unspecified atom stereocenters. The van der Waals surface area contributed by atoms with Crippen LogP contribution in [0.15, 0.2) is 83.7 Å². The lowest BCUT2D eigenvalue weighted by Gasteiger charge is -2.13. The Balaban J connectivity index is 2.03. The molecule has 0 atom stereocenters. The van der Waals surface area contributed by atoms with Crippen molar-refractivity contribution in [3.05, 3.63) is 106 Å². The molecule has 27 heavy (non-hydrogen) atoms. The van der Waals surface area contributed by atoms with Gasteiger partial charge in [0.05, 0.1) is 21.6 Å². The molecule has 4 rings (SSSR count). The van der Waals surface area contributed by atoms with E-state index < -0.39 is 0 Å². The molecule has 3 aromatic carbocycles. The van der Waals surface area contributed by atoms with E-state index in [-0.39, 0.29) is 11.3 Å². The maximum Gasteiger partial charge on any atom is 0.266 e. The van der Waals surface area contributed by atoms with Crippen LogP contribution in [0, 0.1) is 0 Å². The predicted octanol–water partition coefficient (Wildman–Crippen LogP) is 5.10. The van der Waals surface area contributed by atoms with Crippen molar-refractivity contribution >= 4 is 34.3 Å². The minimum absolute atomic E-state index is 0.0126. The number of benzene rings is 3. The molecule has 0 spiro atoms. The summed E-state index contributed by atoms with van der Waals surface area (Å²) in [5, 5.41) is 11.5. The Morgan fingerprint density at radius 2 is 1.59 bits per heavy atom. The molecule has 0 fully saturated rings. The van der Waals surface area contributed by atoms with Crippen molar-refractivity contribution in [2.45, 2.75) is 0 Å². The van der Waals surface area contributed by atoms with Crippen molar-refractivity contribution in [3.63, 3.8) is 0 Å². The van der Waals surface area contributed by atoms with Crippen molar-refractivity contribution in [1.82, 2.24) is 9.55 Å². The zero-order valence-electron chi connectivity index (χ0n) is 14.2. The van der Waals surface area contributed by atoms with Gasteiger partial charge in [0.15, 0.2) is 0 Å². The molecule has 1 aromatic heterocycles. The highest BCUT2D eigenvalue weighted by atomic mass is 35.5. The van der Waals surface area contributed by atoms with E-state index in [9.17, 15) is 9.90 Å². The molecule has 1 N–H and O–H groups in total. The molecular weight excluding hydrogens is 360 g/mol. The van der Waals surface area contributed by atoms with E-state index in [1.54, 1.807) is 54.6 Å². The van der Waals surface area contributed by atoms with E-state index in [0.717, 1.165) is 0 Å². The Morgan fingerprint density at radius 1 is 0.926 bits per heavy atom. The van der Waals surface area contributed by atoms with Crippen LogP contribution >= 0.6 is 11.6 Å². The molecule has 4 nitrogen and oxygen atoms in total. The first-order chi connectivity index (χ1) is 13.1. The first-order valence-electron chi connectivity index (χ1n) is 8.38. The molecule has 0 bridgehead atoms. The SMILES string of the molecule is O=c1c2ccccc2nc(C=C(O)c2ccccc2)n1-c1ccccc1Cl. The summed E-state index contributed by atoms with van der Waals surface area (Å²) in [6.45, 7) is 0. The number of hydrogen-bond acceptors (Lipinski definition) is 3. The number of aromatic nitrogens is 2. The van der Waals surface area contributed by atoms with Gasteiger partial charge in [-0.2, -0.15) is 0 Å². The molecular formula is C22H15ClN2O2. The van der Waals surface area contributed by atoms with Crippen molar-refractivity contribution in [3.8, 4) is 5.69 Å². The second-order valence-electron chi connectivity index (χ2n) is 5.97. The topological polar surface area (TPSA) is 55.1 Å². The van der Waals surface area contributed by atoms with E-state index in [2.05, 4.69) is 4.98 Å². The highest BCUT2D eigenvalue weighted by Crippen LogP contribution is 2.23. The Kier molecular flexibility index (Phi) is 4.48. The molecule has 0 aliphatic rings. The number of aliphatic hydroxyl groups excluding tert-OH is 1. The van der Waals surface area contributed by atoms with Crippen molar-refractivity contribution in [2.75, 3.05) is 0 Å². The molecule has 5 heteroatoms. The van der Waals surface area contributed by atoms with Gasteiger partial charge in [0.25, 0.3) is 5.56 Å². The third-order valence-corrected chi connectivity index (χ3v) is 4.55. The van der Waals surface area contributed by atoms with Crippen LogP contribution in [-0.4, -0.2) is 14.7 Å². The smallest absolute Gasteiger partial charge is 0.266 e. The maximum absolute atomic E-state index is 13.2. The minimum atomic E-state index is -0.249. The minimum Gasteiger partial charge on any atom is -0.507 e. The van der Waals surface area contributed by atoms with Gasteiger partial charge in [-0.15, -0.1) is 0 Å². The zero-order chi connectivity index (χ0) is 18.8. The lowest BCUT2D eigenvalue weighted by atomic mass is 10.1. The largest absolute Gasteiger partial charge is 0.507 e. The summed E-state index contributed by atoms with van der Waals surface area (Å²) in [4.78, 5) is 17.8. The lowest BCUT2D eigenvalue weighted by Crippen LogP contribution is -2.22. The number of aliphatic hydroxyl groups is 1. The van der Waals surface area contributed by atoms with Crippen LogP contribution in [0.1, 0.15) is 11.4 Å². The fraction of sp³-hybridized carbons (Fsp3) is 0. The van der Waals surface area contributed by atoms with Gasteiger partial charge in [-0.05, 0) is 24.3 Å². The highest BCUT2D eigenvalue weighted by molar-refractivity contribution is 6.32. The molecule has 0 aliphatic carbocycles. The number of halogens is 1. The fourth-order valence-corrected chi connectivity index (χ4v) is 3.15. The van der Waals surface area contributed by atoms with E-state index in [1.165, 1.54) is 10.6 Å². The first kappa shape index (κ1) is 17.1. The monoisotopic (exact) mass is 374 g/mol. The van der Waals surface area contributed by atoms with Gasteiger partial charge in [-0.1, -0.05) is 66.2 Å². The van der Waals surface area contributed by atoms with Crippen molar-refractivity contribution < 1.29 is 5.11 Å². The summed E-state index contributed by atoms with van der Waals surface area (Å²) < 4.78 is 1.42. The van der Waals surface area contributed by atoms with Gasteiger partial charge in [-0.3, -0.25) is 9.36 Å². The Bertz CT molecular complexity index is 1210. The Labute approximate surface area is 160 Å². The number of rotatable bonds is 3. The van der Waals surface area contributed by atoms with Crippen molar-refractivity contribution in [1.29, 1.82) is 0 Å². The van der Waals surface area contributed by atoms with Crippen LogP contribution in [0.5, 0.6) is 0 Å². The third-order valence-electron chi connectivity index (χ3n) is 4.23. The summed E-state index contributed by atoms with van der Waals surface area (Å²) >= 11 is 6.34. The van der Waals surface area contributed by atoms with Gasteiger partial charge in [0, 0.05) is 11.6 Å². The summed E-state index contributed by atoms with van der Waals surface area (Å²) in [6.07, 6.45) is 1.48. The maximum atomic E-state index is 13.2. The Hall–Kier alpha value is -3.37. The first-order valence-corrected chi connectivity index (χ1v) is 8.76. The second-order valence-corrected chi connectivity index (χ2v) is 6.38. The molecule has 1 heterocycles. The van der Waals surface area contributed by atoms with Crippen LogP contribution in [0.3, 0.4) is 0 Å². The number of nitrogens with zero attached hydrogens (tertiary/aromatic N) is 2. The average molecular weight is 375 g/mol. The standard InChI is InChI=1S/C22H15ClN2O2/c23-17-11-5-7-13-19(17)25-21(14-20(26)15-8-2-1-3-9-15)24-18-12-6-4-10-16(18)22(25)27/h1-14,26H. The number of para-hydroxylation sites is 2. The van der Waals surface area contributed by atoms with Crippen LogP contribution in [0.4, 0.5) is 0 Å². The normalized spacial score (nSPS) is 11.7. The van der Waals surface area contributed by atoms with E-state index in [1.807, 2.05) is 24.3 Å². The number of hydrogen-bond donors (Lipinski definition) is 1. The quantitative estimate of drug-likeness (QED) is 0.508. The van der Waals surface area contributed by atoms with Crippen LogP contribution in [-0.2, 0) is 0 Å². The Morgan fingerprint density at radius 3 is 2.37 bits per heavy atom. The summed E-state index contributed by atoms with van der Waals surface area (Å²) in [5.74, 6) is 0.312. The molecule has 0 radical (unpaired) electrons. The third kappa shape index (κ3) is 3.23. The van der Waals surface area contributed by atoms with Crippen LogP contribution in [0.25, 0.3) is 28.4 Å². The van der Waals surface area contributed by atoms with Crippen LogP contribution < -0.4 is 5.56 Å².